The average Bonchev–Trinajstić information content (AvgIpc) is 2.89. The molecule has 5 heteroatoms. The van der Waals surface area contributed by atoms with E-state index in [0.29, 0.717) is 23.1 Å². The molecule has 110 valence electrons. The molecule has 0 spiro atoms. The Morgan fingerprint density at radius 1 is 1.19 bits per heavy atom. The molecule has 1 unspecified atom stereocenters. The Bertz CT molecular complexity index is 688. The molecule has 1 aliphatic rings. The molecule has 1 atom stereocenters. The molecular weight excluding hydrogens is 422 g/mol. The van der Waals surface area contributed by atoms with Gasteiger partial charge in [0.15, 0.2) is 0 Å². The van der Waals surface area contributed by atoms with Crippen LogP contribution in [0.5, 0.6) is 5.75 Å². The van der Waals surface area contributed by atoms with E-state index < -0.39 is 6.10 Å². The highest BCUT2D eigenvalue weighted by Gasteiger charge is 2.21. The van der Waals surface area contributed by atoms with Crippen LogP contribution in [-0.2, 0) is 12.8 Å². The Morgan fingerprint density at radius 2 is 2.00 bits per heavy atom. The molecule has 0 bridgehead atoms. The fraction of sp³-hybridized carbons (Fsp3) is 0.250. The van der Waals surface area contributed by atoms with Crippen molar-refractivity contribution in [3.05, 3.63) is 60.6 Å². The molecule has 2 nitrogen and oxygen atoms in total. The van der Waals surface area contributed by atoms with Gasteiger partial charge < -0.3 is 9.84 Å². The van der Waals surface area contributed by atoms with Crippen LogP contribution in [0.2, 0.25) is 10.0 Å². The van der Waals surface area contributed by atoms with Crippen molar-refractivity contribution in [3.8, 4) is 5.75 Å². The number of halogens is 3. The Hall–Kier alpha value is -0.490. The van der Waals surface area contributed by atoms with E-state index >= 15 is 0 Å². The highest BCUT2D eigenvalue weighted by molar-refractivity contribution is 14.1. The van der Waals surface area contributed by atoms with Gasteiger partial charge in [-0.1, -0.05) is 23.2 Å². The topological polar surface area (TPSA) is 29.5 Å². The highest BCUT2D eigenvalue weighted by Crippen LogP contribution is 2.36. The van der Waals surface area contributed by atoms with Gasteiger partial charge in [-0.3, -0.25) is 0 Å². The Morgan fingerprint density at radius 3 is 2.81 bits per heavy atom. The van der Waals surface area contributed by atoms with Crippen molar-refractivity contribution in [2.75, 3.05) is 6.61 Å². The maximum absolute atomic E-state index is 10.5. The van der Waals surface area contributed by atoms with Crippen molar-refractivity contribution >= 4 is 45.8 Å². The number of aliphatic hydroxyl groups is 1. The number of hydrogen-bond donors (Lipinski definition) is 1. The molecular formula is C16H13Cl2IO2. The summed E-state index contributed by atoms with van der Waals surface area (Å²) in [6, 6.07) is 9.33. The molecule has 1 N–H and O–H groups in total. The molecule has 2 aromatic rings. The number of fused-ring (bicyclic) bond motifs is 1. The summed E-state index contributed by atoms with van der Waals surface area (Å²) >= 11 is 14.4. The molecule has 1 heterocycles. The second-order valence-corrected chi connectivity index (χ2v) is 7.07. The predicted molar refractivity (Wildman–Crippen MR) is 93.5 cm³/mol. The van der Waals surface area contributed by atoms with Crippen molar-refractivity contribution in [2.24, 2.45) is 0 Å². The first kappa shape index (κ1) is 15.4. The van der Waals surface area contributed by atoms with E-state index in [0.717, 1.165) is 32.4 Å². The van der Waals surface area contributed by atoms with Crippen LogP contribution >= 0.6 is 45.8 Å². The van der Waals surface area contributed by atoms with Gasteiger partial charge >= 0.3 is 0 Å². The van der Waals surface area contributed by atoms with Crippen LogP contribution < -0.4 is 4.74 Å². The molecule has 0 aliphatic carbocycles. The fourth-order valence-corrected chi connectivity index (χ4v) is 3.72. The summed E-state index contributed by atoms with van der Waals surface area (Å²) in [6.07, 6.45) is 0.690. The summed E-state index contributed by atoms with van der Waals surface area (Å²) in [6.45, 7) is 0.674. The first-order valence-corrected chi connectivity index (χ1v) is 8.45. The van der Waals surface area contributed by atoms with E-state index in [1.54, 1.807) is 6.07 Å². The third-order valence-corrected chi connectivity index (χ3v) is 4.99. The quantitative estimate of drug-likeness (QED) is 0.702. The normalized spacial score (nSPS) is 14.7. The summed E-state index contributed by atoms with van der Waals surface area (Å²) in [7, 11) is 0. The molecule has 0 saturated heterocycles. The molecule has 1 aliphatic heterocycles. The summed E-state index contributed by atoms with van der Waals surface area (Å²) in [4.78, 5) is 0. The van der Waals surface area contributed by atoms with E-state index in [1.807, 2.05) is 24.3 Å². The lowest BCUT2D eigenvalue weighted by Crippen LogP contribution is -2.05. The van der Waals surface area contributed by atoms with Crippen molar-refractivity contribution in [2.45, 2.75) is 18.9 Å². The maximum atomic E-state index is 10.5. The summed E-state index contributed by atoms with van der Waals surface area (Å²) in [5.74, 6) is 0.871. The van der Waals surface area contributed by atoms with Crippen molar-refractivity contribution in [1.82, 2.24) is 0 Å². The Balaban J connectivity index is 1.92. The number of hydrogen-bond acceptors (Lipinski definition) is 2. The van der Waals surface area contributed by atoms with Crippen LogP contribution in [0.4, 0.5) is 0 Å². The summed E-state index contributed by atoms with van der Waals surface area (Å²) in [5.41, 5.74) is 2.89. The molecule has 0 saturated carbocycles. The zero-order valence-corrected chi connectivity index (χ0v) is 14.7. The van der Waals surface area contributed by atoms with Crippen molar-refractivity contribution in [3.63, 3.8) is 0 Å². The van der Waals surface area contributed by atoms with Crippen LogP contribution in [-0.4, -0.2) is 11.7 Å². The van der Waals surface area contributed by atoms with E-state index in [4.69, 9.17) is 27.9 Å². The average molecular weight is 435 g/mol. The van der Waals surface area contributed by atoms with Crippen molar-refractivity contribution in [1.29, 1.82) is 0 Å². The standard InChI is InChI=1S/C16H13Cl2IO2/c17-11-1-2-14(19)13(8-11)15(20)7-10-6-12(18)5-9-3-4-21-16(9)10/h1-2,5-6,8,15,20H,3-4,7H2. The number of rotatable bonds is 3. The third kappa shape index (κ3) is 3.31. The van der Waals surface area contributed by atoms with Gasteiger partial charge in [0.25, 0.3) is 0 Å². The van der Waals surface area contributed by atoms with Crippen LogP contribution in [0, 0.1) is 3.57 Å². The van der Waals surface area contributed by atoms with Crippen molar-refractivity contribution < 1.29 is 9.84 Å². The minimum Gasteiger partial charge on any atom is -0.493 e. The van der Waals surface area contributed by atoms with Gasteiger partial charge in [0, 0.05) is 26.5 Å². The SMILES string of the molecule is OC(Cc1cc(Cl)cc2c1OCC2)c1cc(Cl)ccc1I. The monoisotopic (exact) mass is 434 g/mol. The van der Waals surface area contributed by atoms with Gasteiger partial charge in [0.1, 0.15) is 5.75 Å². The predicted octanol–water partition coefficient (Wildman–Crippen LogP) is 4.81. The number of ether oxygens (including phenoxy) is 1. The van der Waals surface area contributed by atoms with Gasteiger partial charge in [-0.2, -0.15) is 0 Å². The Labute approximate surface area is 147 Å². The minimum atomic E-state index is -0.637. The molecule has 3 rings (SSSR count). The van der Waals surface area contributed by atoms with Gasteiger partial charge in [0.2, 0.25) is 0 Å². The molecule has 0 fully saturated rings. The lowest BCUT2D eigenvalue weighted by Gasteiger charge is -2.16. The molecule has 0 radical (unpaired) electrons. The van der Waals surface area contributed by atoms with E-state index in [2.05, 4.69) is 22.6 Å². The summed E-state index contributed by atoms with van der Waals surface area (Å²) in [5, 5.41) is 11.8. The second kappa shape index (κ2) is 6.32. The van der Waals surface area contributed by atoms with Gasteiger partial charge in [-0.05, 0) is 69.6 Å². The number of aliphatic hydroxyl groups excluding tert-OH is 1. The first-order valence-electron chi connectivity index (χ1n) is 6.61. The second-order valence-electron chi connectivity index (χ2n) is 5.04. The lowest BCUT2D eigenvalue weighted by atomic mass is 9.99. The van der Waals surface area contributed by atoms with Gasteiger partial charge in [-0.25, -0.2) is 0 Å². The Kier molecular flexibility index (Phi) is 4.64. The molecule has 2 aromatic carbocycles. The molecule has 21 heavy (non-hydrogen) atoms. The highest BCUT2D eigenvalue weighted by atomic mass is 127. The first-order chi connectivity index (χ1) is 10.0. The number of benzene rings is 2. The van der Waals surface area contributed by atoms with Crippen LogP contribution in [0.25, 0.3) is 0 Å². The zero-order valence-electron chi connectivity index (χ0n) is 11.1. The lowest BCUT2D eigenvalue weighted by molar-refractivity contribution is 0.176. The molecule has 0 aromatic heterocycles. The fourth-order valence-electron chi connectivity index (χ4n) is 2.59. The van der Waals surface area contributed by atoms with E-state index in [1.165, 1.54) is 0 Å². The zero-order chi connectivity index (χ0) is 15.0. The van der Waals surface area contributed by atoms with E-state index in [9.17, 15) is 5.11 Å². The molecule has 0 amide bonds. The largest absolute Gasteiger partial charge is 0.493 e. The summed E-state index contributed by atoms with van der Waals surface area (Å²) < 4.78 is 6.67. The van der Waals surface area contributed by atoms with Crippen LogP contribution in [0.3, 0.4) is 0 Å². The van der Waals surface area contributed by atoms with Gasteiger partial charge in [0.05, 0.1) is 12.7 Å². The van der Waals surface area contributed by atoms with Crippen LogP contribution in [0.1, 0.15) is 22.8 Å². The van der Waals surface area contributed by atoms with Gasteiger partial charge in [-0.15, -0.1) is 0 Å². The van der Waals surface area contributed by atoms with Crippen LogP contribution in [0.15, 0.2) is 30.3 Å². The third-order valence-electron chi connectivity index (χ3n) is 3.56. The van der Waals surface area contributed by atoms with E-state index in [-0.39, 0.29) is 0 Å². The maximum Gasteiger partial charge on any atom is 0.126 e. The minimum absolute atomic E-state index is 0.458. The smallest absolute Gasteiger partial charge is 0.126 e.